The van der Waals surface area contributed by atoms with Gasteiger partial charge in [0.1, 0.15) is 11.4 Å². The predicted octanol–water partition coefficient (Wildman–Crippen LogP) is 6.27. The maximum absolute atomic E-state index is 13.2. The molecule has 0 radical (unpaired) electrons. The Morgan fingerprint density at radius 3 is 2.48 bits per heavy atom. The minimum atomic E-state index is -3.85. The van der Waals surface area contributed by atoms with E-state index < -0.39 is 15.9 Å². The molecule has 0 unspecified atom stereocenters. The number of hydrogen-bond donors (Lipinski definition) is 3. The lowest BCUT2D eigenvalue weighted by Gasteiger charge is -2.11. The lowest BCUT2D eigenvalue weighted by atomic mass is 10.1. The van der Waals surface area contributed by atoms with Crippen LogP contribution in [0.1, 0.15) is 34.5 Å². The van der Waals surface area contributed by atoms with Crippen LogP contribution < -0.4 is 14.8 Å². The van der Waals surface area contributed by atoms with E-state index in [-0.39, 0.29) is 18.0 Å². The van der Waals surface area contributed by atoms with Gasteiger partial charge in [0, 0.05) is 27.9 Å². The van der Waals surface area contributed by atoms with Gasteiger partial charge in [0.25, 0.3) is 5.91 Å². The van der Waals surface area contributed by atoms with Gasteiger partial charge in [-0.05, 0) is 66.9 Å². The number of fused-ring (bicyclic) bond motifs is 2. The largest absolute Gasteiger partial charge is 0.493 e. The zero-order chi connectivity index (χ0) is 29.4. The molecule has 0 aliphatic rings. The molecule has 42 heavy (non-hydrogen) atoms. The van der Waals surface area contributed by atoms with E-state index in [1.165, 1.54) is 5.56 Å². The molecule has 0 aliphatic heterocycles. The summed E-state index contributed by atoms with van der Waals surface area (Å²) in [6.45, 7) is 1.37. The number of amides is 1. The van der Waals surface area contributed by atoms with Crippen molar-refractivity contribution in [1.29, 1.82) is 0 Å². The molecule has 1 aromatic heterocycles. The fourth-order valence-electron chi connectivity index (χ4n) is 5.07. The van der Waals surface area contributed by atoms with Gasteiger partial charge in [-0.1, -0.05) is 84.4 Å². The predicted molar refractivity (Wildman–Crippen MR) is 170 cm³/mol. The van der Waals surface area contributed by atoms with Crippen molar-refractivity contribution >= 4 is 49.2 Å². The first-order valence-corrected chi connectivity index (χ1v) is 16.1. The Hall–Kier alpha value is -3.85. The van der Waals surface area contributed by atoms with Crippen LogP contribution in [0.2, 0.25) is 5.02 Å². The molecule has 0 saturated carbocycles. The van der Waals surface area contributed by atoms with Crippen molar-refractivity contribution in [3.63, 3.8) is 0 Å². The molecule has 0 aliphatic carbocycles. The molecule has 9 heteroatoms. The number of carbonyl (C=O) groups excluding carboxylic acids is 1. The minimum absolute atomic E-state index is 0.204. The Morgan fingerprint density at radius 2 is 1.62 bits per heavy atom. The van der Waals surface area contributed by atoms with Crippen LogP contribution in [0.5, 0.6) is 5.75 Å². The van der Waals surface area contributed by atoms with Gasteiger partial charge >= 0.3 is 0 Å². The number of halogens is 1. The number of hydrogen-bond acceptors (Lipinski definition) is 5. The zero-order valence-electron chi connectivity index (χ0n) is 23.2. The third-order valence-electron chi connectivity index (χ3n) is 7.13. The summed E-state index contributed by atoms with van der Waals surface area (Å²) in [7, 11) is -3.85. The molecule has 5 aromatic rings. The summed E-state index contributed by atoms with van der Waals surface area (Å²) in [5.74, 6) is -0.0856. The van der Waals surface area contributed by atoms with E-state index in [0.717, 1.165) is 40.3 Å². The van der Waals surface area contributed by atoms with Gasteiger partial charge in [-0.25, -0.2) is 13.1 Å². The quantitative estimate of drug-likeness (QED) is 0.130. The highest BCUT2D eigenvalue weighted by atomic mass is 35.5. The van der Waals surface area contributed by atoms with Gasteiger partial charge in [-0.15, -0.1) is 0 Å². The molecule has 3 N–H and O–H groups in total. The van der Waals surface area contributed by atoms with Crippen LogP contribution in [0.15, 0.2) is 91.0 Å². The van der Waals surface area contributed by atoms with Crippen LogP contribution >= 0.6 is 11.6 Å². The molecule has 0 spiro atoms. The molecular formula is C33H34ClN3O4S. The van der Waals surface area contributed by atoms with E-state index in [1.54, 1.807) is 12.1 Å². The first kappa shape index (κ1) is 29.6. The number of nitrogens with one attached hydrogen (secondary N) is 3. The summed E-state index contributed by atoms with van der Waals surface area (Å²) in [4.78, 5) is 16.3. The molecule has 0 saturated heterocycles. The van der Waals surface area contributed by atoms with Crippen molar-refractivity contribution in [3.05, 3.63) is 113 Å². The van der Waals surface area contributed by atoms with E-state index in [2.05, 4.69) is 27.2 Å². The van der Waals surface area contributed by atoms with Gasteiger partial charge in [0.05, 0.1) is 12.4 Å². The number of rotatable bonds is 14. The van der Waals surface area contributed by atoms with Crippen molar-refractivity contribution in [2.45, 2.75) is 25.7 Å². The molecule has 7 nitrogen and oxygen atoms in total. The molecule has 0 bridgehead atoms. The molecule has 218 valence electrons. The van der Waals surface area contributed by atoms with Crippen LogP contribution in [-0.4, -0.2) is 44.8 Å². The highest BCUT2D eigenvalue weighted by Gasteiger charge is 2.22. The minimum Gasteiger partial charge on any atom is -0.493 e. The fourth-order valence-corrected chi connectivity index (χ4v) is 6.14. The van der Waals surface area contributed by atoms with Crippen LogP contribution in [0.4, 0.5) is 0 Å². The Balaban J connectivity index is 1.18. The number of aromatic amines is 1. The maximum atomic E-state index is 13.2. The van der Waals surface area contributed by atoms with Gasteiger partial charge in [0.2, 0.25) is 10.0 Å². The lowest BCUT2D eigenvalue weighted by molar-refractivity contribution is 0.0976. The summed E-state index contributed by atoms with van der Waals surface area (Å²) >= 11 is 6.19. The van der Waals surface area contributed by atoms with Gasteiger partial charge in [-0.2, -0.15) is 0 Å². The maximum Gasteiger partial charge on any atom is 0.281 e. The summed E-state index contributed by atoms with van der Waals surface area (Å²) in [5, 5.41) is 6.65. The van der Waals surface area contributed by atoms with Crippen molar-refractivity contribution in [1.82, 2.24) is 15.0 Å². The van der Waals surface area contributed by atoms with Crippen molar-refractivity contribution < 1.29 is 17.9 Å². The van der Waals surface area contributed by atoms with Gasteiger partial charge in [-0.3, -0.25) is 4.79 Å². The Morgan fingerprint density at radius 1 is 0.833 bits per heavy atom. The molecule has 0 atom stereocenters. The van der Waals surface area contributed by atoms with Crippen molar-refractivity contribution in [2.24, 2.45) is 0 Å². The van der Waals surface area contributed by atoms with Crippen LogP contribution in [-0.2, 0) is 22.9 Å². The average molecular weight is 604 g/mol. The van der Waals surface area contributed by atoms with Gasteiger partial charge < -0.3 is 15.0 Å². The number of aryl methyl sites for hydroxylation is 2. The topological polar surface area (TPSA) is 100 Å². The van der Waals surface area contributed by atoms with E-state index in [9.17, 15) is 13.2 Å². The normalized spacial score (nSPS) is 11.6. The van der Waals surface area contributed by atoms with Gasteiger partial charge in [0.15, 0.2) is 0 Å². The monoisotopic (exact) mass is 603 g/mol. The number of sulfonamides is 1. The number of carbonyl (C=O) groups is 1. The Bertz CT molecular complexity index is 1770. The van der Waals surface area contributed by atoms with E-state index >= 15 is 0 Å². The molecule has 0 fully saturated rings. The third kappa shape index (κ3) is 7.70. The smallest absolute Gasteiger partial charge is 0.281 e. The number of benzene rings is 4. The summed E-state index contributed by atoms with van der Waals surface area (Å²) < 4.78 is 33.8. The summed E-state index contributed by atoms with van der Waals surface area (Å²) in [6.07, 6.45) is 2.94. The van der Waals surface area contributed by atoms with E-state index in [4.69, 9.17) is 16.3 Å². The second-order valence-corrected chi connectivity index (χ2v) is 12.5. The standard InChI is InChI=1S/C33H34ClN3O4S/c34-26-17-18-28-29(15-8-21-41-31-16-6-13-25-12-4-5-14-27(25)31)32(36-30(28)23-26)33(38)37-42(39,40)22-20-35-19-7-11-24-9-2-1-3-10-24/h1-6,9-10,12-14,16-18,23,35-36H,7-8,11,15,19-22H2,(H,37,38). The van der Waals surface area contributed by atoms with Crippen LogP contribution in [0.3, 0.4) is 0 Å². The molecular weight excluding hydrogens is 570 g/mol. The Labute approximate surface area is 251 Å². The zero-order valence-corrected chi connectivity index (χ0v) is 24.8. The third-order valence-corrected chi connectivity index (χ3v) is 8.60. The van der Waals surface area contributed by atoms with Crippen molar-refractivity contribution in [2.75, 3.05) is 25.4 Å². The highest BCUT2D eigenvalue weighted by molar-refractivity contribution is 7.90. The number of aromatic nitrogens is 1. The second-order valence-electron chi connectivity index (χ2n) is 10.2. The van der Waals surface area contributed by atoms with Crippen LogP contribution in [0, 0.1) is 0 Å². The van der Waals surface area contributed by atoms with E-state index in [1.807, 2.05) is 66.7 Å². The summed E-state index contributed by atoms with van der Waals surface area (Å²) in [6, 6.07) is 29.5. The summed E-state index contributed by atoms with van der Waals surface area (Å²) in [5.41, 5.74) is 2.87. The van der Waals surface area contributed by atoms with E-state index in [0.29, 0.717) is 36.5 Å². The molecule has 4 aromatic carbocycles. The first-order chi connectivity index (χ1) is 20.4. The fraction of sp³-hybridized carbons (Fsp3) is 0.242. The highest BCUT2D eigenvalue weighted by Crippen LogP contribution is 2.28. The molecule has 1 amide bonds. The van der Waals surface area contributed by atoms with Crippen molar-refractivity contribution in [3.8, 4) is 5.75 Å². The number of H-pyrrole nitrogens is 1. The second kappa shape index (κ2) is 13.9. The number of ether oxygens (including phenoxy) is 1. The average Bonchev–Trinajstić information content (AvgIpc) is 3.35. The molecule has 5 rings (SSSR count). The van der Waals surface area contributed by atoms with Crippen LogP contribution in [0.25, 0.3) is 21.7 Å². The SMILES string of the molecule is O=C(NS(=O)(=O)CCNCCCc1ccccc1)c1[nH]c2cc(Cl)ccc2c1CCCOc1cccc2ccccc12. The molecule has 1 heterocycles. The first-order valence-electron chi connectivity index (χ1n) is 14.1. The Kier molecular flexibility index (Phi) is 9.79. The lowest BCUT2D eigenvalue weighted by Crippen LogP contribution is -2.36.